The average molecular weight is 787 g/mol. The molecule has 5 aromatic rings. The van der Waals surface area contributed by atoms with Crippen LogP contribution in [0.25, 0.3) is 33.6 Å². The zero-order chi connectivity index (χ0) is 30.4. The summed E-state index contributed by atoms with van der Waals surface area (Å²) in [5.41, 5.74) is 9.53. The van der Waals surface area contributed by atoms with Crippen molar-refractivity contribution in [1.29, 1.82) is 0 Å². The van der Waals surface area contributed by atoms with Crippen molar-refractivity contribution in [2.75, 3.05) is 0 Å². The summed E-state index contributed by atoms with van der Waals surface area (Å²) in [6, 6.07) is 24.3. The molecule has 0 bridgehead atoms. The van der Waals surface area contributed by atoms with E-state index in [1.54, 1.807) is 18.0 Å². The zero-order valence-electron chi connectivity index (χ0n) is 26.6. The van der Waals surface area contributed by atoms with Gasteiger partial charge >= 0.3 is 0 Å². The molecule has 2 saturated carbocycles. The van der Waals surface area contributed by atoms with Gasteiger partial charge in [-0.25, -0.2) is 0 Å². The Morgan fingerprint density at radius 3 is 1.96 bits per heavy atom. The normalized spacial score (nSPS) is 15.3. The smallest absolute Gasteiger partial charge is 0.0798 e. The molecule has 1 radical (unpaired) electrons. The summed E-state index contributed by atoms with van der Waals surface area (Å²) in [5.74, 6) is 1.37. The molecule has 0 N–H and O–H groups in total. The first-order valence-electron chi connectivity index (χ1n) is 16.2. The first-order valence-corrected chi connectivity index (χ1v) is 19.7. The molecule has 4 aromatic heterocycles. The molecular formula is C39H42IrN4Si-2. The Morgan fingerprint density at radius 1 is 0.689 bits per heavy atom. The molecule has 45 heavy (non-hydrogen) atoms. The monoisotopic (exact) mass is 787 g/mol. The Morgan fingerprint density at radius 2 is 1.33 bits per heavy atom. The molecule has 0 amide bonds. The number of rotatable bonds is 6. The molecule has 7 rings (SSSR count). The fourth-order valence-corrected chi connectivity index (χ4v) is 8.41. The van der Waals surface area contributed by atoms with E-state index in [0.717, 1.165) is 28.4 Å². The minimum absolute atomic E-state index is 0. The largest absolute Gasteiger partial charge is 0.360 e. The minimum Gasteiger partial charge on any atom is -0.360 e. The second-order valence-electron chi connectivity index (χ2n) is 13.2. The van der Waals surface area contributed by atoms with Crippen LogP contribution >= 0.6 is 0 Å². The van der Waals surface area contributed by atoms with Crippen LogP contribution in [0.15, 0.2) is 91.6 Å². The van der Waals surface area contributed by atoms with Crippen molar-refractivity contribution in [3.63, 3.8) is 0 Å². The van der Waals surface area contributed by atoms with Crippen molar-refractivity contribution in [3.05, 3.63) is 115 Å². The molecule has 2 aliphatic rings. The van der Waals surface area contributed by atoms with Crippen molar-refractivity contribution in [1.82, 2.24) is 19.9 Å². The number of pyridine rings is 4. The van der Waals surface area contributed by atoms with E-state index in [1.165, 1.54) is 73.2 Å². The van der Waals surface area contributed by atoms with Crippen LogP contribution in [0.1, 0.15) is 74.3 Å². The van der Waals surface area contributed by atoms with E-state index in [1.807, 2.05) is 30.6 Å². The molecule has 1 aromatic carbocycles. The molecule has 0 unspecified atom stereocenters. The maximum absolute atomic E-state index is 4.72. The fourth-order valence-electron chi connectivity index (χ4n) is 6.82. The molecule has 4 heterocycles. The Labute approximate surface area is 283 Å². The molecule has 4 nitrogen and oxygen atoms in total. The van der Waals surface area contributed by atoms with Crippen molar-refractivity contribution >= 4 is 13.3 Å². The van der Waals surface area contributed by atoms with Gasteiger partial charge in [-0.1, -0.05) is 99.5 Å². The van der Waals surface area contributed by atoms with Crippen molar-refractivity contribution < 1.29 is 20.1 Å². The van der Waals surface area contributed by atoms with Crippen LogP contribution in [0.4, 0.5) is 0 Å². The molecule has 0 saturated heterocycles. The average Bonchev–Trinajstić information content (AvgIpc) is 3.81. The Hall–Kier alpha value is -3.31. The van der Waals surface area contributed by atoms with Gasteiger partial charge in [0.25, 0.3) is 0 Å². The summed E-state index contributed by atoms with van der Waals surface area (Å²) < 4.78 is 0. The van der Waals surface area contributed by atoms with Gasteiger partial charge in [0.15, 0.2) is 0 Å². The topological polar surface area (TPSA) is 51.6 Å². The zero-order valence-corrected chi connectivity index (χ0v) is 30.0. The first-order chi connectivity index (χ1) is 21.5. The maximum Gasteiger partial charge on any atom is 0.0798 e. The van der Waals surface area contributed by atoms with Crippen molar-refractivity contribution in [2.45, 2.75) is 82.8 Å². The summed E-state index contributed by atoms with van der Waals surface area (Å²) in [4.78, 5) is 17.6. The maximum atomic E-state index is 4.72. The van der Waals surface area contributed by atoms with Gasteiger partial charge < -0.3 is 15.0 Å². The van der Waals surface area contributed by atoms with Gasteiger partial charge in [-0.2, -0.15) is 11.6 Å². The van der Waals surface area contributed by atoms with E-state index in [9.17, 15) is 0 Å². The second-order valence-corrected chi connectivity index (χ2v) is 18.2. The number of benzene rings is 1. The minimum atomic E-state index is -1.35. The number of hydrogen-bond donors (Lipinski definition) is 0. The summed E-state index contributed by atoms with van der Waals surface area (Å²) in [6.07, 6.45) is 23.1. The van der Waals surface area contributed by atoms with Crippen LogP contribution in [0, 0.1) is 12.3 Å². The third-order valence-electron chi connectivity index (χ3n) is 9.14. The Kier molecular flexibility index (Phi) is 11.3. The summed E-state index contributed by atoms with van der Waals surface area (Å²) in [7, 11) is -1.35. The summed E-state index contributed by atoms with van der Waals surface area (Å²) in [5, 5.41) is 1.53. The predicted octanol–water partition coefficient (Wildman–Crippen LogP) is 9.41. The van der Waals surface area contributed by atoms with Gasteiger partial charge in [0, 0.05) is 38.1 Å². The van der Waals surface area contributed by atoms with Gasteiger partial charge in [-0.05, 0) is 83.8 Å². The second kappa shape index (κ2) is 15.3. The van der Waals surface area contributed by atoms with E-state index < -0.39 is 8.07 Å². The van der Waals surface area contributed by atoms with Crippen molar-refractivity contribution in [3.8, 4) is 33.6 Å². The van der Waals surface area contributed by atoms with E-state index in [-0.39, 0.29) is 20.1 Å². The van der Waals surface area contributed by atoms with Crippen LogP contribution < -0.4 is 5.19 Å². The van der Waals surface area contributed by atoms with Crippen LogP contribution in [0.5, 0.6) is 0 Å². The molecule has 233 valence electrons. The molecule has 6 heteroatoms. The third-order valence-corrected chi connectivity index (χ3v) is 11.2. The number of aromatic nitrogens is 4. The number of nitrogens with zero attached hydrogens (tertiary/aromatic N) is 4. The van der Waals surface area contributed by atoms with Gasteiger partial charge in [0.05, 0.1) is 8.07 Å². The van der Waals surface area contributed by atoms with Crippen LogP contribution in [0.2, 0.25) is 19.6 Å². The molecule has 0 aliphatic heterocycles. The van der Waals surface area contributed by atoms with E-state index in [4.69, 9.17) is 4.98 Å². The molecule has 0 atom stereocenters. The van der Waals surface area contributed by atoms with Crippen molar-refractivity contribution in [2.24, 2.45) is 0 Å². The van der Waals surface area contributed by atoms with Crippen LogP contribution in [-0.4, -0.2) is 28.0 Å². The van der Waals surface area contributed by atoms with Gasteiger partial charge in [-0.3, -0.25) is 4.98 Å². The third kappa shape index (κ3) is 8.10. The fraction of sp³-hybridized carbons (Fsp3) is 0.333. The summed E-state index contributed by atoms with van der Waals surface area (Å²) in [6.45, 7) is 7.25. The number of hydrogen-bond acceptors (Lipinski definition) is 4. The first kappa shape index (κ1) is 33.1. The standard InChI is InChI=1S/C21H19N2.C18H23N2Si.Ir/c1-2-7-17(8-3-1)20-15-23-21(18-11-6-12-22-14-18)13-19(20)16-9-4-5-10-16;1-21(2,3)18-13-20-17(15-8-10-19-11-9-15)12-16(18)14-6-4-5-7-14;/h1-3,6-8,11-13,15-16H,4-5,9-10H2;8,10-14H,4-7H2,1-3H3;/q2*-1;. The SMILES string of the molecule is C[Si](C)(C)c1cnc(-c2[c-]cncc2)cc1C1CCCC1.[Ir].[c-]1ncccc1-c1cc(C2CCCC2)c(-c2ccccc2)cn1. The van der Waals surface area contributed by atoms with E-state index in [2.05, 4.69) is 95.5 Å². The Balaban J connectivity index is 0.000000175. The predicted molar refractivity (Wildman–Crippen MR) is 183 cm³/mol. The van der Waals surface area contributed by atoms with Gasteiger partial charge in [0.2, 0.25) is 0 Å². The van der Waals surface area contributed by atoms with Crippen LogP contribution in [0.3, 0.4) is 0 Å². The molecule has 2 fully saturated rings. The van der Waals surface area contributed by atoms with Gasteiger partial charge in [-0.15, -0.1) is 23.8 Å². The summed E-state index contributed by atoms with van der Waals surface area (Å²) >= 11 is 0. The Bertz CT molecular complexity index is 1640. The molecule has 2 aliphatic carbocycles. The molecular weight excluding hydrogens is 745 g/mol. The van der Waals surface area contributed by atoms with Crippen LogP contribution in [-0.2, 0) is 20.1 Å². The quantitative estimate of drug-likeness (QED) is 0.127. The molecule has 0 spiro atoms. The van der Waals surface area contributed by atoms with Gasteiger partial charge in [0.1, 0.15) is 0 Å². The van der Waals surface area contributed by atoms with E-state index in [0.29, 0.717) is 5.92 Å². The van der Waals surface area contributed by atoms with E-state index >= 15 is 0 Å².